The zero-order chi connectivity index (χ0) is 14.7. The van der Waals surface area contributed by atoms with Crippen molar-refractivity contribution in [2.75, 3.05) is 26.6 Å². The van der Waals surface area contributed by atoms with Gasteiger partial charge in [-0.15, -0.1) is 0 Å². The number of anilines is 1. The number of ether oxygens (including phenoxy) is 2. The van der Waals surface area contributed by atoms with E-state index in [9.17, 15) is 4.39 Å². The van der Waals surface area contributed by atoms with Gasteiger partial charge in [-0.25, -0.2) is 14.4 Å². The van der Waals surface area contributed by atoms with Gasteiger partial charge in [0.2, 0.25) is 0 Å². The number of nitrogens with zero attached hydrogens (tertiary/aromatic N) is 2. The molecule has 1 aromatic carbocycles. The number of aromatic nitrogens is 2. The maximum atomic E-state index is 13.8. The summed E-state index contributed by atoms with van der Waals surface area (Å²) in [6.07, 6.45) is 0. The minimum atomic E-state index is -0.453. The lowest BCUT2D eigenvalue weighted by Gasteiger charge is -2.10. The average Bonchev–Trinajstić information content (AvgIpc) is 2.49. The largest absolute Gasteiger partial charge is 0.497 e. The van der Waals surface area contributed by atoms with E-state index in [0.717, 1.165) is 0 Å². The van der Waals surface area contributed by atoms with Gasteiger partial charge in [-0.1, -0.05) is 0 Å². The molecule has 1 aromatic heterocycles. The van der Waals surface area contributed by atoms with Crippen LogP contribution in [0.25, 0.3) is 11.4 Å². The minimum absolute atomic E-state index is 0.161. The third-order valence-electron chi connectivity index (χ3n) is 2.86. The predicted octanol–water partition coefficient (Wildman–Crippen LogP) is 2.65. The third kappa shape index (κ3) is 2.64. The standard InChI is InChI=1S/C14H16FN3O2/c1-8-12(15)14(16-2)18-13(17-8)9-5-10(19-3)7-11(6-9)20-4/h5-7H,1-4H3,(H,16,17,18). The second-order valence-electron chi connectivity index (χ2n) is 4.15. The van der Waals surface area contributed by atoms with Crippen LogP contribution >= 0.6 is 0 Å². The van der Waals surface area contributed by atoms with Gasteiger partial charge in [-0.3, -0.25) is 0 Å². The number of nitrogens with one attached hydrogen (secondary N) is 1. The summed E-state index contributed by atoms with van der Waals surface area (Å²) in [5.41, 5.74) is 0.974. The van der Waals surface area contributed by atoms with Crippen molar-refractivity contribution in [1.29, 1.82) is 0 Å². The molecule has 6 heteroatoms. The molecule has 0 fully saturated rings. The lowest BCUT2D eigenvalue weighted by molar-refractivity contribution is 0.394. The van der Waals surface area contributed by atoms with Crippen molar-refractivity contribution in [3.8, 4) is 22.9 Å². The number of benzene rings is 1. The zero-order valence-corrected chi connectivity index (χ0v) is 11.8. The Morgan fingerprint density at radius 3 is 2.15 bits per heavy atom. The van der Waals surface area contributed by atoms with Gasteiger partial charge in [-0.05, 0) is 19.1 Å². The Morgan fingerprint density at radius 1 is 1.05 bits per heavy atom. The smallest absolute Gasteiger partial charge is 0.186 e. The Morgan fingerprint density at radius 2 is 1.65 bits per heavy atom. The van der Waals surface area contributed by atoms with Crippen LogP contribution < -0.4 is 14.8 Å². The summed E-state index contributed by atoms with van der Waals surface area (Å²) in [6.45, 7) is 1.60. The van der Waals surface area contributed by atoms with Gasteiger partial charge in [0.1, 0.15) is 11.5 Å². The Balaban J connectivity index is 2.58. The van der Waals surface area contributed by atoms with E-state index < -0.39 is 5.82 Å². The van der Waals surface area contributed by atoms with Crippen LogP contribution in [0.1, 0.15) is 5.69 Å². The Labute approximate surface area is 116 Å². The molecule has 0 saturated heterocycles. The molecule has 5 nitrogen and oxygen atoms in total. The average molecular weight is 277 g/mol. The second kappa shape index (κ2) is 5.73. The van der Waals surface area contributed by atoms with Crippen LogP contribution in [-0.4, -0.2) is 31.2 Å². The van der Waals surface area contributed by atoms with Gasteiger partial charge in [0.15, 0.2) is 17.5 Å². The lowest BCUT2D eigenvalue weighted by Crippen LogP contribution is -2.03. The predicted molar refractivity (Wildman–Crippen MR) is 74.8 cm³/mol. The molecule has 0 saturated carbocycles. The van der Waals surface area contributed by atoms with E-state index in [1.54, 1.807) is 46.4 Å². The first-order valence-corrected chi connectivity index (χ1v) is 6.04. The van der Waals surface area contributed by atoms with E-state index in [0.29, 0.717) is 22.9 Å². The summed E-state index contributed by atoms with van der Waals surface area (Å²) in [6, 6.07) is 5.29. The highest BCUT2D eigenvalue weighted by Gasteiger charge is 2.13. The monoisotopic (exact) mass is 277 g/mol. The van der Waals surface area contributed by atoms with Crippen molar-refractivity contribution < 1.29 is 13.9 Å². The van der Waals surface area contributed by atoms with Crippen LogP contribution in [0.15, 0.2) is 18.2 Å². The van der Waals surface area contributed by atoms with E-state index in [4.69, 9.17) is 9.47 Å². The molecule has 0 radical (unpaired) electrons. The topological polar surface area (TPSA) is 56.3 Å². The van der Waals surface area contributed by atoms with Gasteiger partial charge in [0.25, 0.3) is 0 Å². The fourth-order valence-electron chi connectivity index (χ4n) is 1.79. The van der Waals surface area contributed by atoms with Crippen molar-refractivity contribution in [3.05, 3.63) is 29.7 Å². The van der Waals surface area contributed by atoms with Gasteiger partial charge in [0.05, 0.1) is 19.9 Å². The van der Waals surface area contributed by atoms with Crippen LogP contribution in [0.3, 0.4) is 0 Å². The molecule has 106 valence electrons. The first-order chi connectivity index (χ1) is 9.58. The Hall–Kier alpha value is -2.37. The van der Waals surface area contributed by atoms with Crippen molar-refractivity contribution >= 4 is 5.82 Å². The SMILES string of the molecule is CNc1nc(-c2cc(OC)cc(OC)c2)nc(C)c1F. The molecule has 2 rings (SSSR count). The molecule has 20 heavy (non-hydrogen) atoms. The molecule has 0 unspecified atom stereocenters. The summed E-state index contributed by atoms with van der Waals surface area (Å²) in [5, 5.41) is 2.71. The number of hydrogen-bond donors (Lipinski definition) is 1. The highest BCUT2D eigenvalue weighted by atomic mass is 19.1. The molecule has 0 amide bonds. The molecule has 0 spiro atoms. The summed E-state index contributed by atoms with van der Waals surface area (Å²) in [4.78, 5) is 8.33. The van der Waals surface area contributed by atoms with Crippen LogP contribution in [0, 0.1) is 12.7 Å². The number of aryl methyl sites for hydroxylation is 1. The van der Waals surface area contributed by atoms with Gasteiger partial charge in [-0.2, -0.15) is 0 Å². The highest BCUT2D eigenvalue weighted by molar-refractivity contribution is 5.62. The van der Waals surface area contributed by atoms with Crippen LogP contribution in [0.2, 0.25) is 0 Å². The fourth-order valence-corrected chi connectivity index (χ4v) is 1.79. The van der Waals surface area contributed by atoms with Crippen molar-refractivity contribution in [1.82, 2.24) is 9.97 Å². The van der Waals surface area contributed by atoms with Gasteiger partial charge in [0, 0.05) is 18.7 Å². The lowest BCUT2D eigenvalue weighted by atomic mass is 10.2. The molecule has 0 aliphatic carbocycles. The molecule has 2 aromatic rings. The number of methoxy groups -OCH3 is 2. The van der Waals surface area contributed by atoms with Crippen molar-refractivity contribution in [2.24, 2.45) is 0 Å². The van der Waals surface area contributed by atoms with E-state index in [2.05, 4.69) is 15.3 Å². The van der Waals surface area contributed by atoms with Gasteiger partial charge < -0.3 is 14.8 Å². The first-order valence-electron chi connectivity index (χ1n) is 6.04. The fraction of sp³-hybridized carbons (Fsp3) is 0.286. The zero-order valence-electron chi connectivity index (χ0n) is 11.8. The summed E-state index contributed by atoms with van der Waals surface area (Å²) in [5.74, 6) is 1.36. The van der Waals surface area contributed by atoms with Crippen molar-refractivity contribution in [3.63, 3.8) is 0 Å². The minimum Gasteiger partial charge on any atom is -0.497 e. The van der Waals surface area contributed by atoms with E-state index >= 15 is 0 Å². The van der Waals surface area contributed by atoms with Crippen LogP contribution in [0.4, 0.5) is 10.2 Å². The van der Waals surface area contributed by atoms with E-state index in [1.165, 1.54) is 0 Å². The third-order valence-corrected chi connectivity index (χ3v) is 2.86. The van der Waals surface area contributed by atoms with E-state index in [1.807, 2.05) is 0 Å². The number of rotatable bonds is 4. The second-order valence-corrected chi connectivity index (χ2v) is 4.15. The molecule has 0 aliphatic rings. The van der Waals surface area contributed by atoms with Crippen molar-refractivity contribution in [2.45, 2.75) is 6.92 Å². The highest BCUT2D eigenvalue weighted by Crippen LogP contribution is 2.29. The number of hydrogen-bond acceptors (Lipinski definition) is 5. The Kier molecular flexibility index (Phi) is 4.02. The number of halogens is 1. The molecular weight excluding hydrogens is 261 g/mol. The first kappa shape index (κ1) is 14.0. The molecule has 1 heterocycles. The van der Waals surface area contributed by atoms with E-state index in [-0.39, 0.29) is 11.5 Å². The normalized spacial score (nSPS) is 10.2. The maximum Gasteiger partial charge on any atom is 0.186 e. The Bertz CT molecular complexity index is 610. The molecule has 1 N–H and O–H groups in total. The summed E-state index contributed by atoms with van der Waals surface area (Å²) < 4.78 is 24.2. The summed E-state index contributed by atoms with van der Waals surface area (Å²) in [7, 11) is 4.74. The maximum absolute atomic E-state index is 13.8. The molecule has 0 aliphatic heterocycles. The van der Waals surface area contributed by atoms with Crippen LogP contribution in [-0.2, 0) is 0 Å². The molecular formula is C14H16FN3O2. The van der Waals surface area contributed by atoms with Crippen LogP contribution in [0.5, 0.6) is 11.5 Å². The molecule has 0 bridgehead atoms. The summed E-state index contributed by atoms with van der Waals surface area (Å²) >= 11 is 0. The quantitative estimate of drug-likeness (QED) is 0.931. The molecule has 0 atom stereocenters. The van der Waals surface area contributed by atoms with Gasteiger partial charge >= 0.3 is 0 Å².